The first-order chi connectivity index (χ1) is 18.0. The Morgan fingerprint density at radius 2 is 1.92 bits per heavy atom. The van der Waals surface area contributed by atoms with Crippen LogP contribution in [0.3, 0.4) is 0 Å². The zero-order valence-corrected chi connectivity index (χ0v) is 20.2. The van der Waals surface area contributed by atoms with E-state index in [1.165, 1.54) is 24.9 Å². The highest BCUT2D eigenvalue weighted by atomic mass is 19.1. The number of amides is 1. The Morgan fingerprint density at radius 3 is 2.61 bits per heavy atom. The first-order valence-electron chi connectivity index (χ1n) is 11.4. The molecule has 0 spiro atoms. The normalized spacial score (nSPS) is 33.3. The lowest BCUT2D eigenvalue weighted by Crippen LogP contribution is -2.40. The number of aliphatic hydroxyl groups is 3. The zero-order chi connectivity index (χ0) is 27.4. The minimum atomic E-state index is -2.22. The summed E-state index contributed by atoms with van der Waals surface area (Å²) in [6.45, 7) is 0.818. The monoisotopic (exact) mass is 539 g/mol. The van der Waals surface area contributed by atoms with Crippen molar-refractivity contribution in [3.8, 4) is 6.01 Å². The smallest absolute Gasteiger partial charge is 0.320 e. The molecule has 7 N–H and O–H groups in total. The zero-order valence-electron chi connectivity index (χ0n) is 20.2. The Bertz CT molecular complexity index is 1340. The minimum absolute atomic E-state index is 0.0374. The second-order valence-electron chi connectivity index (χ2n) is 9.06. The summed E-state index contributed by atoms with van der Waals surface area (Å²) in [4.78, 5) is 27.4. The molecule has 5 rings (SSSR count). The van der Waals surface area contributed by atoms with Gasteiger partial charge in [0.1, 0.15) is 43.5 Å². The Kier molecular flexibility index (Phi) is 6.61. The van der Waals surface area contributed by atoms with Crippen molar-refractivity contribution in [1.29, 1.82) is 0 Å². The van der Waals surface area contributed by atoms with E-state index >= 15 is 4.39 Å². The predicted octanol–water partition coefficient (Wildman–Crippen LogP) is -2.57. The number of rotatable bonds is 8. The minimum Gasteiger partial charge on any atom is -0.460 e. The highest BCUT2D eigenvalue weighted by Crippen LogP contribution is 2.42. The van der Waals surface area contributed by atoms with E-state index in [9.17, 15) is 20.1 Å². The van der Waals surface area contributed by atoms with E-state index in [1.807, 2.05) is 0 Å². The van der Waals surface area contributed by atoms with Crippen LogP contribution in [0.25, 0.3) is 11.2 Å². The summed E-state index contributed by atoms with van der Waals surface area (Å²) in [6.07, 6.45) is -6.44. The number of nitrogen functional groups attached to an aromatic ring is 1. The number of hydrogen-bond acceptors (Lipinski definition) is 14. The number of nitrogens with zero attached hydrogens (tertiary/aromatic N) is 7. The Morgan fingerprint density at radius 1 is 1.16 bits per heavy atom. The van der Waals surface area contributed by atoms with Crippen molar-refractivity contribution in [3.63, 3.8) is 0 Å². The van der Waals surface area contributed by atoms with Crippen LogP contribution in [0.1, 0.15) is 30.0 Å². The molecule has 18 heteroatoms. The third-order valence-electron chi connectivity index (χ3n) is 6.43. The maximum Gasteiger partial charge on any atom is 0.320 e. The van der Waals surface area contributed by atoms with Crippen LogP contribution in [-0.2, 0) is 14.2 Å². The lowest BCUT2D eigenvalue weighted by molar-refractivity contribution is -0.0622. The molecule has 0 radical (unpaired) electrons. The first kappa shape index (κ1) is 26.1. The highest BCUT2D eigenvalue weighted by Gasteiger charge is 2.55. The van der Waals surface area contributed by atoms with Gasteiger partial charge in [0.25, 0.3) is 5.91 Å². The summed E-state index contributed by atoms with van der Waals surface area (Å²) in [6, 6.07) is -0.255. The van der Waals surface area contributed by atoms with E-state index in [4.69, 9.17) is 30.4 Å². The summed E-state index contributed by atoms with van der Waals surface area (Å²) in [5.74, 6) is -1.25. The molecule has 0 saturated carbocycles. The maximum atomic E-state index is 15.5. The third kappa shape index (κ3) is 4.29. The molecule has 206 valence electrons. The van der Waals surface area contributed by atoms with Crippen molar-refractivity contribution in [2.45, 2.75) is 55.6 Å². The van der Waals surface area contributed by atoms with Crippen molar-refractivity contribution < 1.29 is 43.5 Å². The van der Waals surface area contributed by atoms with Crippen molar-refractivity contribution in [3.05, 3.63) is 18.5 Å². The van der Waals surface area contributed by atoms with Crippen molar-refractivity contribution >= 4 is 22.9 Å². The molecule has 5 heterocycles. The van der Waals surface area contributed by atoms with Crippen LogP contribution < -0.4 is 16.2 Å². The van der Waals surface area contributed by atoms with Crippen molar-refractivity contribution in [2.24, 2.45) is 5.73 Å². The fourth-order valence-electron chi connectivity index (χ4n) is 4.42. The van der Waals surface area contributed by atoms with Crippen LogP contribution in [0.5, 0.6) is 6.01 Å². The molecule has 0 aromatic carbocycles. The van der Waals surface area contributed by atoms with Gasteiger partial charge in [0.05, 0.1) is 12.9 Å². The standard InChI is InChI=1S/C20H26FN9O8/c1-20(21)12(33)8(3-35-2)38-18(20)29-5-24-9-13(22)26-19(27-16(9)29)36-4-7-10(31)11(32)17(37-7)30-6-25-15(28-30)14(23)34/h5-8,10-12,17-18,31-33H,3-4H2,1-2H3,(H2,23,34)(H2,22,26,27)/t7-,8-,10-,11-,12-,17-,18-,20-/m1/s1. The average Bonchev–Trinajstić information content (AvgIpc) is 3.62. The molecule has 2 saturated heterocycles. The largest absolute Gasteiger partial charge is 0.460 e. The maximum absolute atomic E-state index is 15.5. The van der Waals surface area contributed by atoms with Crippen LogP contribution in [-0.4, -0.2) is 112 Å². The third-order valence-corrected chi connectivity index (χ3v) is 6.43. The van der Waals surface area contributed by atoms with Gasteiger partial charge < -0.3 is 45.7 Å². The Hall–Kier alpha value is -3.55. The Labute approximate surface area is 213 Å². The van der Waals surface area contributed by atoms with Gasteiger partial charge in [-0.1, -0.05) is 0 Å². The number of imidazole rings is 1. The van der Waals surface area contributed by atoms with Gasteiger partial charge in [-0.3, -0.25) is 9.36 Å². The number of primary amides is 1. The number of methoxy groups -OCH3 is 1. The van der Waals surface area contributed by atoms with Crippen LogP contribution in [0.2, 0.25) is 0 Å². The van der Waals surface area contributed by atoms with E-state index in [-0.39, 0.29) is 42.0 Å². The van der Waals surface area contributed by atoms with Crippen molar-refractivity contribution in [2.75, 3.05) is 26.1 Å². The molecule has 2 fully saturated rings. The van der Waals surface area contributed by atoms with Crippen LogP contribution >= 0.6 is 0 Å². The SMILES string of the molecule is COC[C@H]1O[C@@H](n2cnc3c(N)nc(OC[C@H]4O[C@@H](n5cnc(C(N)=O)n5)[C@H](O)[C@@H]4O)nc32)[C@](C)(F)[C@@H]1O. The van der Waals surface area contributed by atoms with Crippen LogP contribution in [0.15, 0.2) is 12.7 Å². The van der Waals surface area contributed by atoms with Gasteiger partial charge in [-0.05, 0) is 6.92 Å². The fourth-order valence-corrected chi connectivity index (χ4v) is 4.42. The van der Waals surface area contributed by atoms with Gasteiger partial charge in [-0.2, -0.15) is 9.97 Å². The average molecular weight is 539 g/mol. The Balaban J connectivity index is 1.34. The fraction of sp³-hybridized carbons (Fsp3) is 0.600. The summed E-state index contributed by atoms with van der Waals surface area (Å²) in [5.41, 5.74) is 9.14. The van der Waals surface area contributed by atoms with E-state index in [0.717, 1.165) is 11.0 Å². The highest BCUT2D eigenvalue weighted by molar-refractivity contribution is 5.88. The number of alkyl halides is 1. The first-order valence-corrected chi connectivity index (χ1v) is 11.4. The molecule has 2 aliphatic heterocycles. The predicted molar refractivity (Wildman–Crippen MR) is 121 cm³/mol. The number of nitrogens with two attached hydrogens (primary N) is 2. The molecule has 1 amide bonds. The van der Waals surface area contributed by atoms with Crippen LogP contribution in [0.4, 0.5) is 10.2 Å². The lowest BCUT2D eigenvalue weighted by Gasteiger charge is -2.24. The quantitative estimate of drug-likeness (QED) is 0.198. The van der Waals surface area contributed by atoms with E-state index < -0.39 is 54.6 Å². The van der Waals surface area contributed by atoms with E-state index in [2.05, 4.69) is 25.0 Å². The number of fused-ring (bicyclic) bond motifs is 1. The van der Waals surface area contributed by atoms with Gasteiger partial charge in [0, 0.05) is 7.11 Å². The number of aromatic nitrogens is 7. The molecule has 0 aliphatic carbocycles. The molecule has 3 aromatic heterocycles. The summed E-state index contributed by atoms with van der Waals surface area (Å²) in [5, 5.41) is 35.1. The van der Waals surface area contributed by atoms with Gasteiger partial charge >= 0.3 is 6.01 Å². The van der Waals surface area contributed by atoms with Crippen LogP contribution in [0, 0.1) is 0 Å². The molecule has 0 bridgehead atoms. The molecule has 17 nitrogen and oxygen atoms in total. The molecule has 38 heavy (non-hydrogen) atoms. The van der Waals surface area contributed by atoms with Gasteiger partial charge in [0.2, 0.25) is 5.82 Å². The van der Waals surface area contributed by atoms with Gasteiger partial charge in [-0.15, -0.1) is 5.10 Å². The van der Waals surface area contributed by atoms with E-state index in [1.54, 1.807) is 0 Å². The summed E-state index contributed by atoms with van der Waals surface area (Å²) < 4.78 is 39.7. The lowest BCUT2D eigenvalue weighted by atomic mass is 9.98. The second-order valence-corrected chi connectivity index (χ2v) is 9.06. The summed E-state index contributed by atoms with van der Waals surface area (Å²) >= 11 is 0. The number of ether oxygens (including phenoxy) is 4. The number of anilines is 1. The number of halogens is 1. The molecular formula is C20H26FN9O8. The number of hydrogen-bond donors (Lipinski definition) is 5. The molecule has 0 unspecified atom stereocenters. The van der Waals surface area contributed by atoms with Gasteiger partial charge in [0.15, 0.2) is 35.1 Å². The second kappa shape index (κ2) is 9.64. The molecule has 3 aromatic rings. The molecule has 8 atom stereocenters. The van der Waals surface area contributed by atoms with Crippen molar-refractivity contribution in [1.82, 2.24) is 34.3 Å². The molecule has 2 aliphatic rings. The number of carbonyl (C=O) groups excluding carboxylic acids is 1. The summed E-state index contributed by atoms with van der Waals surface area (Å²) in [7, 11) is 1.40. The van der Waals surface area contributed by atoms with Gasteiger partial charge in [-0.25, -0.2) is 19.0 Å². The van der Waals surface area contributed by atoms with E-state index in [0.29, 0.717) is 0 Å². The number of carbonyl (C=O) groups is 1. The molecular weight excluding hydrogens is 513 g/mol. The topological polar surface area (TPSA) is 241 Å². The number of aliphatic hydroxyl groups excluding tert-OH is 3.